The Morgan fingerprint density at radius 3 is 2.47 bits per heavy atom. The van der Waals surface area contributed by atoms with Crippen LogP contribution in [0.5, 0.6) is 0 Å². The maximum absolute atomic E-state index is 12.0. The van der Waals surface area contributed by atoms with Gasteiger partial charge in [0.05, 0.1) is 5.69 Å². The average molecular weight is 234 g/mol. The molecule has 1 aliphatic rings. The van der Waals surface area contributed by atoms with Gasteiger partial charge in [0.15, 0.2) is 5.69 Å². The minimum absolute atomic E-state index is 0.122. The number of aromatic nitrogens is 2. The molecule has 0 radical (unpaired) electrons. The van der Waals surface area contributed by atoms with Gasteiger partial charge in [0.2, 0.25) is 6.41 Å². The maximum Gasteiger partial charge on any atom is 0.274 e. The van der Waals surface area contributed by atoms with Crippen molar-refractivity contribution in [3.8, 4) is 0 Å². The Hall–Kier alpha value is -1.98. The zero-order valence-corrected chi connectivity index (χ0v) is 9.67. The fourth-order valence-electron chi connectivity index (χ4n) is 1.71. The summed E-state index contributed by atoms with van der Waals surface area (Å²) in [6.07, 6.45) is 0.813. The highest BCUT2D eigenvalue weighted by atomic mass is 16.2. The third kappa shape index (κ3) is 2.58. The van der Waals surface area contributed by atoms with Crippen molar-refractivity contribution in [1.82, 2.24) is 20.0 Å². The number of piperazine rings is 1. The molecule has 1 saturated heterocycles. The van der Waals surface area contributed by atoms with Crippen molar-refractivity contribution in [2.75, 3.05) is 26.2 Å². The van der Waals surface area contributed by atoms with Crippen LogP contribution in [-0.2, 0) is 4.79 Å². The number of aryl methyl sites for hydroxylation is 1. The summed E-state index contributed by atoms with van der Waals surface area (Å²) in [5.41, 5.74) is 1.14. The fourth-order valence-corrected chi connectivity index (χ4v) is 1.71. The molecule has 1 aromatic heterocycles. The highest BCUT2D eigenvalue weighted by molar-refractivity contribution is 5.92. The first kappa shape index (κ1) is 11.5. The highest BCUT2D eigenvalue weighted by Gasteiger charge is 2.22. The molecule has 0 aliphatic carbocycles. The van der Waals surface area contributed by atoms with Crippen molar-refractivity contribution < 1.29 is 9.59 Å². The van der Waals surface area contributed by atoms with Gasteiger partial charge in [-0.3, -0.25) is 9.59 Å². The third-order valence-corrected chi connectivity index (χ3v) is 2.77. The Morgan fingerprint density at radius 1 is 1.24 bits per heavy atom. The van der Waals surface area contributed by atoms with Crippen molar-refractivity contribution in [1.29, 1.82) is 0 Å². The molecule has 2 heterocycles. The van der Waals surface area contributed by atoms with E-state index in [2.05, 4.69) is 10.2 Å². The molecule has 17 heavy (non-hydrogen) atoms. The molecule has 0 N–H and O–H groups in total. The van der Waals surface area contributed by atoms with E-state index >= 15 is 0 Å². The summed E-state index contributed by atoms with van der Waals surface area (Å²) in [4.78, 5) is 25.9. The van der Waals surface area contributed by atoms with Crippen LogP contribution in [-0.4, -0.2) is 58.5 Å². The first-order valence-electron chi connectivity index (χ1n) is 5.49. The molecule has 0 saturated carbocycles. The number of rotatable bonds is 2. The summed E-state index contributed by atoms with van der Waals surface area (Å²) < 4.78 is 0. The molecule has 2 amide bonds. The molecular weight excluding hydrogens is 220 g/mol. The van der Waals surface area contributed by atoms with Crippen LogP contribution in [0, 0.1) is 6.92 Å². The van der Waals surface area contributed by atoms with Crippen LogP contribution in [0.3, 0.4) is 0 Å². The maximum atomic E-state index is 12.0. The fraction of sp³-hybridized carbons (Fsp3) is 0.455. The predicted molar refractivity (Wildman–Crippen MR) is 60.3 cm³/mol. The van der Waals surface area contributed by atoms with E-state index in [4.69, 9.17) is 0 Å². The standard InChI is InChI=1S/C11H14N4O2/c1-9-2-3-10(13-12-9)11(17)15-6-4-14(8-16)5-7-15/h2-3,8H,4-7H2,1H3. The van der Waals surface area contributed by atoms with E-state index in [1.54, 1.807) is 21.9 Å². The number of hydrogen-bond donors (Lipinski definition) is 0. The lowest BCUT2D eigenvalue weighted by molar-refractivity contribution is -0.119. The van der Waals surface area contributed by atoms with Gasteiger partial charge in [-0.15, -0.1) is 5.10 Å². The molecule has 0 atom stereocenters. The van der Waals surface area contributed by atoms with Gasteiger partial charge in [-0.05, 0) is 19.1 Å². The van der Waals surface area contributed by atoms with Gasteiger partial charge in [-0.25, -0.2) is 0 Å². The molecule has 1 aliphatic heterocycles. The van der Waals surface area contributed by atoms with Gasteiger partial charge < -0.3 is 9.80 Å². The van der Waals surface area contributed by atoms with E-state index in [1.165, 1.54) is 0 Å². The van der Waals surface area contributed by atoms with Crippen molar-refractivity contribution in [3.63, 3.8) is 0 Å². The lowest BCUT2D eigenvalue weighted by Gasteiger charge is -2.32. The van der Waals surface area contributed by atoms with E-state index in [1.807, 2.05) is 6.92 Å². The second-order valence-electron chi connectivity index (χ2n) is 3.99. The summed E-state index contributed by atoms with van der Waals surface area (Å²) in [7, 11) is 0. The molecule has 6 nitrogen and oxygen atoms in total. The van der Waals surface area contributed by atoms with Crippen LogP contribution in [0.25, 0.3) is 0 Å². The van der Waals surface area contributed by atoms with Crippen LogP contribution in [0.4, 0.5) is 0 Å². The summed E-state index contributed by atoms with van der Waals surface area (Å²) in [6.45, 7) is 4.08. The lowest BCUT2D eigenvalue weighted by atomic mass is 10.2. The van der Waals surface area contributed by atoms with Gasteiger partial charge in [-0.1, -0.05) is 0 Å². The number of nitrogens with zero attached hydrogens (tertiary/aromatic N) is 4. The second-order valence-corrected chi connectivity index (χ2v) is 3.99. The first-order chi connectivity index (χ1) is 8.20. The van der Waals surface area contributed by atoms with Gasteiger partial charge in [0, 0.05) is 26.2 Å². The van der Waals surface area contributed by atoms with Crippen molar-refractivity contribution in [3.05, 3.63) is 23.5 Å². The number of carbonyl (C=O) groups is 2. The van der Waals surface area contributed by atoms with E-state index in [0.29, 0.717) is 31.9 Å². The number of amides is 2. The van der Waals surface area contributed by atoms with Crippen LogP contribution >= 0.6 is 0 Å². The van der Waals surface area contributed by atoms with Crippen LogP contribution in [0.2, 0.25) is 0 Å². The van der Waals surface area contributed by atoms with Crippen molar-refractivity contribution >= 4 is 12.3 Å². The number of hydrogen-bond acceptors (Lipinski definition) is 4. The second kappa shape index (κ2) is 4.90. The summed E-state index contributed by atoms with van der Waals surface area (Å²) in [5, 5.41) is 7.73. The SMILES string of the molecule is Cc1ccc(C(=O)N2CCN(C=O)CC2)nn1. The zero-order chi connectivity index (χ0) is 12.3. The summed E-state index contributed by atoms with van der Waals surface area (Å²) in [6, 6.07) is 3.44. The lowest BCUT2D eigenvalue weighted by Crippen LogP contribution is -2.48. The molecule has 0 unspecified atom stereocenters. The van der Waals surface area contributed by atoms with Crippen LogP contribution in [0.15, 0.2) is 12.1 Å². The van der Waals surface area contributed by atoms with Crippen molar-refractivity contribution in [2.45, 2.75) is 6.92 Å². The Balaban J connectivity index is 2.01. The third-order valence-electron chi connectivity index (χ3n) is 2.77. The van der Waals surface area contributed by atoms with Crippen LogP contribution in [0.1, 0.15) is 16.2 Å². The Morgan fingerprint density at radius 2 is 1.94 bits per heavy atom. The Kier molecular flexibility index (Phi) is 3.32. The molecule has 90 valence electrons. The number of carbonyl (C=O) groups excluding carboxylic acids is 2. The molecule has 1 aromatic rings. The molecule has 2 rings (SSSR count). The van der Waals surface area contributed by atoms with Gasteiger partial charge in [0.25, 0.3) is 5.91 Å². The van der Waals surface area contributed by atoms with Crippen LogP contribution < -0.4 is 0 Å². The van der Waals surface area contributed by atoms with Gasteiger partial charge in [0.1, 0.15) is 0 Å². The topological polar surface area (TPSA) is 66.4 Å². The average Bonchev–Trinajstić information content (AvgIpc) is 2.39. The van der Waals surface area contributed by atoms with E-state index in [-0.39, 0.29) is 5.91 Å². The van der Waals surface area contributed by atoms with Gasteiger partial charge >= 0.3 is 0 Å². The van der Waals surface area contributed by atoms with E-state index in [9.17, 15) is 9.59 Å². The van der Waals surface area contributed by atoms with E-state index < -0.39 is 0 Å². The van der Waals surface area contributed by atoms with E-state index in [0.717, 1.165) is 12.1 Å². The quantitative estimate of drug-likeness (QED) is 0.659. The zero-order valence-electron chi connectivity index (χ0n) is 9.67. The normalized spacial score (nSPS) is 15.8. The largest absolute Gasteiger partial charge is 0.342 e. The summed E-state index contributed by atoms with van der Waals surface area (Å²) >= 11 is 0. The Labute approximate surface area is 99.2 Å². The minimum Gasteiger partial charge on any atom is -0.342 e. The predicted octanol–water partition coefficient (Wildman–Crippen LogP) is -0.301. The molecular formula is C11H14N4O2. The first-order valence-corrected chi connectivity index (χ1v) is 5.49. The molecule has 0 aromatic carbocycles. The molecule has 6 heteroatoms. The van der Waals surface area contributed by atoms with Crippen molar-refractivity contribution in [2.24, 2.45) is 0 Å². The van der Waals surface area contributed by atoms with Gasteiger partial charge in [-0.2, -0.15) is 5.10 Å². The summed E-state index contributed by atoms with van der Waals surface area (Å²) in [5.74, 6) is -0.122. The smallest absolute Gasteiger partial charge is 0.274 e. The molecule has 0 spiro atoms. The molecule has 1 fully saturated rings. The highest BCUT2D eigenvalue weighted by Crippen LogP contribution is 2.05. The molecule has 0 bridgehead atoms. The minimum atomic E-state index is -0.122. The monoisotopic (exact) mass is 234 g/mol. The Bertz CT molecular complexity index is 410.